The highest BCUT2D eigenvalue weighted by molar-refractivity contribution is 5.99. The molecule has 2 aromatic rings. The van der Waals surface area contributed by atoms with Crippen LogP contribution in [0.2, 0.25) is 0 Å². The zero-order valence-corrected chi connectivity index (χ0v) is 11.1. The van der Waals surface area contributed by atoms with Crippen LogP contribution in [0, 0.1) is 0 Å². The predicted molar refractivity (Wildman–Crippen MR) is 78.3 cm³/mol. The van der Waals surface area contributed by atoms with E-state index in [0.29, 0.717) is 6.54 Å². The Morgan fingerprint density at radius 2 is 2.05 bits per heavy atom. The molecule has 1 aromatic heterocycles. The van der Waals surface area contributed by atoms with Gasteiger partial charge in [0, 0.05) is 18.1 Å². The Balaban J connectivity index is 1.99. The van der Waals surface area contributed by atoms with Gasteiger partial charge in [-0.05, 0) is 18.6 Å². The van der Waals surface area contributed by atoms with E-state index >= 15 is 0 Å². The summed E-state index contributed by atoms with van der Waals surface area (Å²) in [4.78, 5) is 16.1. The van der Waals surface area contributed by atoms with Crippen molar-refractivity contribution in [1.82, 2.24) is 10.3 Å². The Labute approximate surface area is 113 Å². The third-order valence-electron chi connectivity index (χ3n) is 2.95. The molecule has 4 nitrogen and oxygen atoms in total. The van der Waals surface area contributed by atoms with Crippen LogP contribution in [0.3, 0.4) is 0 Å². The number of para-hydroxylation sites is 1. The van der Waals surface area contributed by atoms with Crippen LogP contribution in [-0.2, 0) is 0 Å². The molecule has 100 valence electrons. The van der Waals surface area contributed by atoms with Gasteiger partial charge in [-0.1, -0.05) is 38.0 Å². The smallest absolute Gasteiger partial charge is 0.319 e. The van der Waals surface area contributed by atoms with Crippen LogP contribution < -0.4 is 10.6 Å². The van der Waals surface area contributed by atoms with Crippen LogP contribution in [0.4, 0.5) is 10.5 Å². The van der Waals surface area contributed by atoms with Gasteiger partial charge in [0.1, 0.15) is 0 Å². The summed E-state index contributed by atoms with van der Waals surface area (Å²) >= 11 is 0. The number of hydrogen-bond donors (Lipinski definition) is 2. The highest BCUT2D eigenvalue weighted by Crippen LogP contribution is 2.20. The third kappa shape index (κ3) is 3.68. The number of urea groups is 1. The summed E-state index contributed by atoms with van der Waals surface area (Å²) in [5.41, 5.74) is 1.56. The molecule has 4 heteroatoms. The zero-order valence-electron chi connectivity index (χ0n) is 11.1. The second kappa shape index (κ2) is 6.73. The molecule has 0 spiro atoms. The van der Waals surface area contributed by atoms with Crippen molar-refractivity contribution in [3.63, 3.8) is 0 Å². The highest BCUT2D eigenvalue weighted by atomic mass is 16.2. The minimum atomic E-state index is -0.172. The van der Waals surface area contributed by atoms with Crippen LogP contribution in [0.25, 0.3) is 10.9 Å². The van der Waals surface area contributed by atoms with Crippen LogP contribution in [0.15, 0.2) is 36.5 Å². The predicted octanol–water partition coefficient (Wildman–Crippen LogP) is 3.55. The van der Waals surface area contributed by atoms with Gasteiger partial charge in [-0.3, -0.25) is 4.98 Å². The molecule has 0 aliphatic carbocycles. The molecule has 0 radical (unpaired) electrons. The molecule has 2 rings (SSSR count). The molecule has 2 N–H and O–H groups in total. The molecule has 0 saturated heterocycles. The Kier molecular flexibility index (Phi) is 4.72. The number of carbonyl (C=O) groups excluding carboxylic acids is 1. The molecule has 19 heavy (non-hydrogen) atoms. The summed E-state index contributed by atoms with van der Waals surface area (Å²) in [5.74, 6) is 0. The topological polar surface area (TPSA) is 54.0 Å². The first kappa shape index (κ1) is 13.3. The van der Waals surface area contributed by atoms with Gasteiger partial charge in [0.25, 0.3) is 0 Å². The van der Waals surface area contributed by atoms with E-state index in [9.17, 15) is 4.79 Å². The fourth-order valence-corrected chi connectivity index (χ4v) is 1.95. The lowest BCUT2D eigenvalue weighted by Crippen LogP contribution is -2.29. The van der Waals surface area contributed by atoms with Gasteiger partial charge in [-0.25, -0.2) is 4.79 Å². The van der Waals surface area contributed by atoms with Crippen molar-refractivity contribution in [1.29, 1.82) is 0 Å². The molecule has 1 heterocycles. The van der Waals surface area contributed by atoms with E-state index in [4.69, 9.17) is 0 Å². The van der Waals surface area contributed by atoms with Crippen molar-refractivity contribution >= 4 is 22.6 Å². The first-order chi connectivity index (χ1) is 9.31. The van der Waals surface area contributed by atoms with Gasteiger partial charge < -0.3 is 10.6 Å². The van der Waals surface area contributed by atoms with E-state index in [1.54, 1.807) is 6.20 Å². The van der Waals surface area contributed by atoms with E-state index in [1.807, 2.05) is 30.3 Å². The Morgan fingerprint density at radius 1 is 1.21 bits per heavy atom. The second-order valence-corrected chi connectivity index (χ2v) is 4.47. The molecule has 0 aliphatic rings. The Hall–Kier alpha value is -2.10. The fraction of sp³-hybridized carbons (Fsp3) is 0.333. The fourth-order valence-electron chi connectivity index (χ4n) is 1.95. The lowest BCUT2D eigenvalue weighted by atomic mass is 10.2. The lowest BCUT2D eigenvalue weighted by Gasteiger charge is -2.09. The quantitative estimate of drug-likeness (QED) is 0.805. The maximum Gasteiger partial charge on any atom is 0.319 e. The molecule has 0 bridgehead atoms. The zero-order chi connectivity index (χ0) is 13.5. The van der Waals surface area contributed by atoms with Crippen molar-refractivity contribution in [2.24, 2.45) is 0 Å². The normalized spacial score (nSPS) is 10.4. The van der Waals surface area contributed by atoms with Gasteiger partial charge in [-0.2, -0.15) is 0 Å². The van der Waals surface area contributed by atoms with Gasteiger partial charge >= 0.3 is 6.03 Å². The molecule has 0 aliphatic heterocycles. The van der Waals surface area contributed by atoms with Crippen molar-refractivity contribution in [3.05, 3.63) is 36.5 Å². The van der Waals surface area contributed by atoms with Crippen LogP contribution in [0.5, 0.6) is 0 Å². The van der Waals surface area contributed by atoms with Crippen LogP contribution in [-0.4, -0.2) is 17.6 Å². The number of rotatable bonds is 5. The summed E-state index contributed by atoms with van der Waals surface area (Å²) in [7, 11) is 0. The summed E-state index contributed by atoms with van der Waals surface area (Å²) in [5, 5.41) is 6.72. The average molecular weight is 257 g/mol. The van der Waals surface area contributed by atoms with Crippen molar-refractivity contribution in [3.8, 4) is 0 Å². The standard InChI is InChI=1S/C15H19N3O/c1-2-3-4-10-17-15(19)18-13-9-5-7-12-8-6-11-16-14(12)13/h5-9,11H,2-4,10H2,1H3,(H2,17,18,19). The van der Waals surface area contributed by atoms with E-state index in [1.165, 1.54) is 0 Å². The number of anilines is 1. The monoisotopic (exact) mass is 257 g/mol. The number of aromatic nitrogens is 1. The number of amides is 2. The number of benzene rings is 1. The van der Waals surface area contributed by atoms with Crippen molar-refractivity contribution in [2.75, 3.05) is 11.9 Å². The van der Waals surface area contributed by atoms with Gasteiger partial charge in [-0.15, -0.1) is 0 Å². The number of pyridine rings is 1. The largest absolute Gasteiger partial charge is 0.338 e. The molecule has 2 amide bonds. The second-order valence-electron chi connectivity index (χ2n) is 4.47. The number of unbranched alkanes of at least 4 members (excludes halogenated alkanes) is 2. The van der Waals surface area contributed by atoms with Crippen molar-refractivity contribution in [2.45, 2.75) is 26.2 Å². The Bertz CT molecular complexity index is 549. The molecular formula is C15H19N3O. The molecule has 0 unspecified atom stereocenters. The van der Waals surface area contributed by atoms with Gasteiger partial charge in [0.05, 0.1) is 11.2 Å². The first-order valence-electron chi connectivity index (χ1n) is 6.70. The molecule has 0 atom stereocenters. The number of nitrogens with one attached hydrogen (secondary N) is 2. The molecular weight excluding hydrogens is 238 g/mol. The summed E-state index contributed by atoms with van der Waals surface area (Å²) in [6.07, 6.45) is 5.02. The van der Waals surface area contributed by atoms with Crippen LogP contribution in [0.1, 0.15) is 26.2 Å². The number of carbonyl (C=O) groups is 1. The molecule has 0 saturated carbocycles. The third-order valence-corrected chi connectivity index (χ3v) is 2.95. The summed E-state index contributed by atoms with van der Waals surface area (Å²) in [6, 6.07) is 9.45. The van der Waals surface area contributed by atoms with Crippen molar-refractivity contribution < 1.29 is 4.79 Å². The summed E-state index contributed by atoms with van der Waals surface area (Å²) in [6.45, 7) is 2.85. The SMILES string of the molecule is CCCCCNC(=O)Nc1cccc2cccnc12. The molecule has 1 aromatic carbocycles. The molecule has 0 fully saturated rings. The van der Waals surface area contributed by atoms with E-state index in [2.05, 4.69) is 22.5 Å². The maximum atomic E-state index is 11.8. The lowest BCUT2D eigenvalue weighted by molar-refractivity contribution is 0.252. The average Bonchev–Trinajstić information content (AvgIpc) is 2.44. The number of fused-ring (bicyclic) bond motifs is 1. The maximum absolute atomic E-state index is 11.8. The number of hydrogen-bond acceptors (Lipinski definition) is 2. The highest BCUT2D eigenvalue weighted by Gasteiger charge is 2.05. The number of nitrogens with zero attached hydrogens (tertiary/aromatic N) is 1. The van der Waals surface area contributed by atoms with E-state index < -0.39 is 0 Å². The van der Waals surface area contributed by atoms with E-state index in [0.717, 1.165) is 35.9 Å². The minimum absolute atomic E-state index is 0.172. The minimum Gasteiger partial charge on any atom is -0.338 e. The van der Waals surface area contributed by atoms with Crippen LogP contribution >= 0.6 is 0 Å². The van der Waals surface area contributed by atoms with Gasteiger partial charge in [0.2, 0.25) is 0 Å². The summed E-state index contributed by atoms with van der Waals surface area (Å²) < 4.78 is 0. The van der Waals surface area contributed by atoms with E-state index in [-0.39, 0.29) is 6.03 Å². The first-order valence-corrected chi connectivity index (χ1v) is 6.70. The Morgan fingerprint density at radius 3 is 2.89 bits per heavy atom. The van der Waals surface area contributed by atoms with Gasteiger partial charge in [0.15, 0.2) is 0 Å².